The Bertz CT molecular complexity index is 237. The molecule has 2 atom stereocenters. The lowest BCUT2D eigenvalue weighted by Gasteiger charge is -2.29. The quantitative estimate of drug-likeness (QED) is 0.725. The monoisotopic (exact) mass is 255 g/mol. The predicted molar refractivity (Wildman–Crippen MR) is 75.4 cm³/mol. The van der Waals surface area contributed by atoms with Gasteiger partial charge in [-0.25, -0.2) is 0 Å². The summed E-state index contributed by atoms with van der Waals surface area (Å²) in [6.45, 7) is 7.43. The largest absolute Gasteiger partial charge is 0.352 e. The summed E-state index contributed by atoms with van der Waals surface area (Å²) in [4.78, 5) is 14.2. The number of rotatable bonds is 7. The van der Waals surface area contributed by atoms with Gasteiger partial charge in [0, 0.05) is 25.0 Å². The molecule has 3 N–H and O–H groups in total. The second kappa shape index (κ2) is 8.48. The molecule has 4 heteroatoms. The van der Waals surface area contributed by atoms with Crippen molar-refractivity contribution in [2.45, 2.75) is 64.5 Å². The minimum atomic E-state index is 0.167. The predicted octanol–water partition coefficient (Wildman–Crippen LogP) is 1.49. The van der Waals surface area contributed by atoms with Crippen molar-refractivity contribution >= 4 is 5.91 Å². The van der Waals surface area contributed by atoms with E-state index in [2.05, 4.69) is 17.1 Å². The van der Waals surface area contributed by atoms with Crippen LogP contribution < -0.4 is 11.1 Å². The van der Waals surface area contributed by atoms with Crippen molar-refractivity contribution in [3.63, 3.8) is 0 Å². The Balaban J connectivity index is 2.10. The van der Waals surface area contributed by atoms with Crippen molar-refractivity contribution in [1.82, 2.24) is 10.2 Å². The number of carbonyl (C=O) groups is 1. The van der Waals surface area contributed by atoms with Gasteiger partial charge in [-0.15, -0.1) is 0 Å². The van der Waals surface area contributed by atoms with E-state index in [1.165, 1.54) is 32.4 Å². The Labute approximate surface area is 111 Å². The third-order valence-corrected chi connectivity index (χ3v) is 3.45. The zero-order valence-corrected chi connectivity index (χ0v) is 12.0. The molecule has 0 saturated carbocycles. The zero-order valence-electron chi connectivity index (χ0n) is 12.0. The van der Waals surface area contributed by atoms with Crippen LogP contribution in [0.25, 0.3) is 0 Å². The van der Waals surface area contributed by atoms with Gasteiger partial charge in [-0.2, -0.15) is 0 Å². The Kier molecular flexibility index (Phi) is 7.28. The van der Waals surface area contributed by atoms with Crippen molar-refractivity contribution in [3.8, 4) is 0 Å². The third kappa shape index (κ3) is 6.97. The van der Waals surface area contributed by atoms with Crippen LogP contribution in [0.2, 0.25) is 0 Å². The molecule has 1 fully saturated rings. The number of amides is 1. The number of piperidine rings is 1. The highest BCUT2D eigenvalue weighted by Crippen LogP contribution is 2.08. The average molecular weight is 255 g/mol. The molecule has 0 bridgehead atoms. The molecule has 0 spiro atoms. The second-order valence-electron chi connectivity index (χ2n) is 5.70. The molecule has 0 aromatic carbocycles. The highest BCUT2D eigenvalue weighted by atomic mass is 16.1. The van der Waals surface area contributed by atoms with E-state index in [9.17, 15) is 4.79 Å². The molecule has 1 aliphatic rings. The minimum Gasteiger partial charge on any atom is -0.352 e. The van der Waals surface area contributed by atoms with Gasteiger partial charge in [0.05, 0.1) is 0 Å². The lowest BCUT2D eigenvalue weighted by Crippen LogP contribution is -2.43. The molecule has 4 nitrogen and oxygen atoms in total. The van der Waals surface area contributed by atoms with E-state index in [0.29, 0.717) is 6.42 Å². The van der Waals surface area contributed by atoms with Crippen molar-refractivity contribution in [2.24, 2.45) is 5.73 Å². The normalized spacial score (nSPS) is 20.4. The maximum Gasteiger partial charge on any atom is 0.220 e. The van der Waals surface area contributed by atoms with Crippen LogP contribution in [0.3, 0.4) is 0 Å². The zero-order chi connectivity index (χ0) is 13.4. The van der Waals surface area contributed by atoms with Crippen LogP contribution in [0.4, 0.5) is 0 Å². The van der Waals surface area contributed by atoms with Gasteiger partial charge in [0.15, 0.2) is 0 Å². The van der Waals surface area contributed by atoms with Gasteiger partial charge in [0.1, 0.15) is 0 Å². The van der Waals surface area contributed by atoms with Crippen LogP contribution >= 0.6 is 0 Å². The van der Waals surface area contributed by atoms with Crippen molar-refractivity contribution in [2.75, 3.05) is 19.6 Å². The fourth-order valence-electron chi connectivity index (χ4n) is 2.51. The Morgan fingerprint density at radius 2 is 1.94 bits per heavy atom. The van der Waals surface area contributed by atoms with E-state index >= 15 is 0 Å². The lowest BCUT2D eigenvalue weighted by molar-refractivity contribution is -0.121. The van der Waals surface area contributed by atoms with Crippen LogP contribution in [0.15, 0.2) is 0 Å². The van der Waals surface area contributed by atoms with E-state index in [0.717, 1.165) is 19.4 Å². The maximum absolute atomic E-state index is 11.7. The van der Waals surface area contributed by atoms with E-state index in [1.54, 1.807) is 0 Å². The molecule has 2 unspecified atom stereocenters. The topological polar surface area (TPSA) is 58.4 Å². The number of nitrogens with one attached hydrogen (secondary N) is 1. The molecular formula is C14H29N3O. The smallest absolute Gasteiger partial charge is 0.220 e. The molecule has 0 aromatic rings. The maximum atomic E-state index is 11.7. The van der Waals surface area contributed by atoms with Gasteiger partial charge in [0.2, 0.25) is 5.91 Å². The molecule has 106 valence electrons. The van der Waals surface area contributed by atoms with Gasteiger partial charge >= 0.3 is 0 Å². The molecular weight excluding hydrogens is 226 g/mol. The van der Waals surface area contributed by atoms with Crippen LogP contribution in [0.1, 0.15) is 52.4 Å². The molecule has 1 rings (SSSR count). The van der Waals surface area contributed by atoms with Crippen LogP contribution in [-0.4, -0.2) is 42.5 Å². The summed E-state index contributed by atoms with van der Waals surface area (Å²) in [6, 6.07) is 0.453. The van der Waals surface area contributed by atoms with Crippen molar-refractivity contribution < 1.29 is 4.79 Å². The number of likely N-dealkylation sites (tertiary alicyclic amines) is 1. The van der Waals surface area contributed by atoms with Gasteiger partial charge in [-0.05, 0) is 52.6 Å². The molecule has 1 saturated heterocycles. The third-order valence-electron chi connectivity index (χ3n) is 3.45. The molecule has 0 radical (unpaired) electrons. The van der Waals surface area contributed by atoms with Crippen LogP contribution in [0.5, 0.6) is 0 Å². The molecule has 0 aromatic heterocycles. The fraction of sp³-hybridized carbons (Fsp3) is 0.929. The SMILES string of the molecule is CC(N)CCCC(=O)NC(C)CN1CCCCC1. The van der Waals surface area contributed by atoms with E-state index in [-0.39, 0.29) is 18.0 Å². The summed E-state index contributed by atoms with van der Waals surface area (Å²) in [5.41, 5.74) is 5.67. The highest BCUT2D eigenvalue weighted by Gasteiger charge is 2.14. The lowest BCUT2D eigenvalue weighted by atomic mass is 10.1. The summed E-state index contributed by atoms with van der Waals surface area (Å²) in [7, 11) is 0. The van der Waals surface area contributed by atoms with Crippen molar-refractivity contribution in [3.05, 3.63) is 0 Å². The molecule has 18 heavy (non-hydrogen) atoms. The first kappa shape index (κ1) is 15.4. The van der Waals surface area contributed by atoms with Gasteiger partial charge in [0.25, 0.3) is 0 Å². The average Bonchev–Trinajstić information content (AvgIpc) is 2.29. The molecule has 1 heterocycles. The fourth-order valence-corrected chi connectivity index (χ4v) is 2.51. The standard InChI is InChI=1S/C14H29N3O/c1-12(15)7-6-8-14(18)16-13(2)11-17-9-4-3-5-10-17/h12-13H,3-11,15H2,1-2H3,(H,16,18). The Hall–Kier alpha value is -0.610. The van der Waals surface area contributed by atoms with Crippen LogP contribution in [-0.2, 0) is 4.79 Å². The summed E-state index contributed by atoms with van der Waals surface area (Å²) in [6.07, 6.45) is 6.37. The highest BCUT2D eigenvalue weighted by molar-refractivity contribution is 5.76. The van der Waals surface area contributed by atoms with Gasteiger partial charge < -0.3 is 16.0 Å². The summed E-state index contributed by atoms with van der Waals surface area (Å²) in [5, 5.41) is 3.08. The first-order chi connectivity index (χ1) is 8.58. The van der Waals surface area contributed by atoms with E-state index in [4.69, 9.17) is 5.73 Å². The molecule has 1 aliphatic heterocycles. The summed E-state index contributed by atoms with van der Waals surface area (Å²) < 4.78 is 0. The van der Waals surface area contributed by atoms with Crippen LogP contribution in [0, 0.1) is 0 Å². The summed E-state index contributed by atoms with van der Waals surface area (Å²) >= 11 is 0. The summed E-state index contributed by atoms with van der Waals surface area (Å²) in [5.74, 6) is 0.167. The number of nitrogens with two attached hydrogens (primary N) is 1. The van der Waals surface area contributed by atoms with Gasteiger partial charge in [-0.3, -0.25) is 4.79 Å². The Morgan fingerprint density at radius 1 is 1.28 bits per heavy atom. The number of carbonyl (C=O) groups excluding carboxylic acids is 1. The van der Waals surface area contributed by atoms with Gasteiger partial charge in [-0.1, -0.05) is 6.42 Å². The number of nitrogens with zero attached hydrogens (tertiary/aromatic N) is 1. The Morgan fingerprint density at radius 3 is 2.56 bits per heavy atom. The number of hydrogen-bond donors (Lipinski definition) is 2. The molecule has 0 aliphatic carbocycles. The number of hydrogen-bond acceptors (Lipinski definition) is 3. The molecule has 1 amide bonds. The van der Waals surface area contributed by atoms with Crippen molar-refractivity contribution in [1.29, 1.82) is 0 Å². The first-order valence-corrected chi connectivity index (χ1v) is 7.35. The van der Waals surface area contributed by atoms with E-state index < -0.39 is 0 Å². The first-order valence-electron chi connectivity index (χ1n) is 7.35. The second-order valence-corrected chi connectivity index (χ2v) is 5.70. The van der Waals surface area contributed by atoms with E-state index in [1.807, 2.05) is 6.92 Å². The minimum absolute atomic E-state index is 0.167.